The molecule has 0 aromatic rings. The summed E-state index contributed by atoms with van der Waals surface area (Å²) in [4.78, 5) is 10.2. The van der Waals surface area contributed by atoms with Crippen molar-refractivity contribution in [3.8, 4) is 0 Å². The Morgan fingerprint density at radius 2 is 2.20 bits per heavy atom. The molecule has 5 heteroatoms. The second kappa shape index (κ2) is 8.72. The lowest BCUT2D eigenvalue weighted by atomic mass is 9.87. The third kappa shape index (κ3) is 5.10. The van der Waals surface area contributed by atoms with Gasteiger partial charge in [-0.05, 0) is 51.0 Å². The van der Waals surface area contributed by atoms with Crippen molar-refractivity contribution in [2.24, 2.45) is 22.2 Å². The number of aliphatic imine (C=N–C) groups is 1. The minimum atomic E-state index is 0.398. The van der Waals surface area contributed by atoms with Gasteiger partial charge < -0.3 is 19.9 Å². The van der Waals surface area contributed by atoms with Crippen LogP contribution in [0.15, 0.2) is 4.99 Å². The van der Waals surface area contributed by atoms with Crippen LogP contribution in [0.2, 0.25) is 0 Å². The number of hydrogen-bond acceptors (Lipinski definition) is 3. The summed E-state index contributed by atoms with van der Waals surface area (Å²) in [5.74, 6) is 2.61. The minimum Gasteiger partial charge on any atom is -0.381 e. The van der Waals surface area contributed by atoms with Gasteiger partial charge in [0, 0.05) is 51.3 Å². The summed E-state index contributed by atoms with van der Waals surface area (Å²) < 4.78 is 5.68. The minimum absolute atomic E-state index is 0.398. The van der Waals surface area contributed by atoms with Crippen molar-refractivity contribution in [1.82, 2.24) is 15.1 Å². The van der Waals surface area contributed by atoms with Crippen LogP contribution < -0.4 is 5.32 Å². The van der Waals surface area contributed by atoms with Crippen LogP contribution in [0, 0.1) is 17.3 Å². The molecular formula is C20H38N4O. The van der Waals surface area contributed by atoms with Crippen molar-refractivity contribution in [1.29, 1.82) is 0 Å². The van der Waals surface area contributed by atoms with Crippen LogP contribution >= 0.6 is 0 Å². The first kappa shape index (κ1) is 19.0. The highest BCUT2D eigenvalue weighted by atomic mass is 16.5. The molecule has 3 heterocycles. The average Bonchev–Trinajstić information content (AvgIpc) is 3.21. The van der Waals surface area contributed by atoms with Gasteiger partial charge in [0.25, 0.3) is 0 Å². The largest absolute Gasteiger partial charge is 0.381 e. The quantitative estimate of drug-likeness (QED) is 0.611. The number of nitrogens with one attached hydrogen (secondary N) is 1. The molecule has 3 aliphatic rings. The molecule has 144 valence electrons. The van der Waals surface area contributed by atoms with Crippen molar-refractivity contribution in [2.45, 2.75) is 46.5 Å². The van der Waals surface area contributed by atoms with Crippen LogP contribution in [-0.4, -0.2) is 74.8 Å². The first-order chi connectivity index (χ1) is 12.1. The number of rotatable bonds is 5. The lowest BCUT2D eigenvalue weighted by molar-refractivity contribution is 0.156. The second-order valence-corrected chi connectivity index (χ2v) is 8.83. The van der Waals surface area contributed by atoms with Gasteiger partial charge in [-0.15, -0.1) is 0 Å². The molecule has 2 unspecified atom stereocenters. The van der Waals surface area contributed by atoms with Crippen LogP contribution in [-0.2, 0) is 4.74 Å². The second-order valence-electron chi connectivity index (χ2n) is 8.83. The molecule has 3 saturated heterocycles. The van der Waals surface area contributed by atoms with Crippen LogP contribution in [0.25, 0.3) is 0 Å². The van der Waals surface area contributed by atoms with Crippen LogP contribution in [0.3, 0.4) is 0 Å². The van der Waals surface area contributed by atoms with Gasteiger partial charge in [0.15, 0.2) is 5.96 Å². The van der Waals surface area contributed by atoms with E-state index in [0.29, 0.717) is 11.3 Å². The molecule has 0 aromatic carbocycles. The normalized spacial score (nSPS) is 31.4. The van der Waals surface area contributed by atoms with Gasteiger partial charge in [0.1, 0.15) is 0 Å². The fourth-order valence-corrected chi connectivity index (χ4v) is 4.71. The number of nitrogens with zero attached hydrogens (tertiary/aromatic N) is 3. The Hall–Kier alpha value is -0.810. The zero-order valence-corrected chi connectivity index (χ0v) is 16.6. The van der Waals surface area contributed by atoms with Gasteiger partial charge in [0.05, 0.1) is 6.61 Å². The molecule has 0 saturated carbocycles. The maximum absolute atomic E-state index is 5.68. The van der Waals surface area contributed by atoms with Crippen molar-refractivity contribution >= 4 is 5.96 Å². The highest BCUT2D eigenvalue weighted by Gasteiger charge is 2.42. The van der Waals surface area contributed by atoms with Crippen LogP contribution in [0.1, 0.15) is 46.5 Å². The number of hydrogen-bond donors (Lipinski definition) is 1. The van der Waals surface area contributed by atoms with E-state index in [9.17, 15) is 0 Å². The van der Waals surface area contributed by atoms with Crippen LogP contribution in [0.4, 0.5) is 0 Å². The number of piperidine rings is 1. The van der Waals surface area contributed by atoms with Gasteiger partial charge in [-0.1, -0.05) is 13.8 Å². The van der Waals surface area contributed by atoms with E-state index >= 15 is 0 Å². The van der Waals surface area contributed by atoms with E-state index in [-0.39, 0.29) is 0 Å². The molecule has 0 aliphatic carbocycles. The van der Waals surface area contributed by atoms with E-state index in [4.69, 9.17) is 9.73 Å². The smallest absolute Gasteiger partial charge is 0.193 e. The summed E-state index contributed by atoms with van der Waals surface area (Å²) in [6.07, 6.45) is 5.13. The van der Waals surface area contributed by atoms with Crippen molar-refractivity contribution in [3.05, 3.63) is 0 Å². The fourth-order valence-electron chi connectivity index (χ4n) is 4.71. The summed E-state index contributed by atoms with van der Waals surface area (Å²) in [5.41, 5.74) is 0.398. The van der Waals surface area contributed by atoms with Crippen molar-refractivity contribution in [3.63, 3.8) is 0 Å². The molecule has 5 nitrogen and oxygen atoms in total. The lowest BCUT2D eigenvalue weighted by Crippen LogP contribution is -2.42. The predicted molar refractivity (Wildman–Crippen MR) is 104 cm³/mol. The van der Waals surface area contributed by atoms with Gasteiger partial charge in [-0.25, -0.2) is 0 Å². The Labute approximate surface area is 154 Å². The maximum atomic E-state index is 5.68. The van der Waals surface area contributed by atoms with Gasteiger partial charge in [-0.3, -0.25) is 4.99 Å². The molecule has 1 N–H and O–H groups in total. The summed E-state index contributed by atoms with van der Waals surface area (Å²) in [6, 6.07) is 0. The summed E-state index contributed by atoms with van der Waals surface area (Å²) in [5, 5.41) is 3.54. The van der Waals surface area contributed by atoms with Gasteiger partial charge >= 0.3 is 0 Å². The summed E-state index contributed by atoms with van der Waals surface area (Å²) in [7, 11) is 0. The number of ether oxygens (including phenoxy) is 1. The van der Waals surface area contributed by atoms with Crippen molar-refractivity contribution < 1.29 is 4.74 Å². The Morgan fingerprint density at radius 1 is 1.32 bits per heavy atom. The zero-order chi connectivity index (χ0) is 17.7. The van der Waals surface area contributed by atoms with Gasteiger partial charge in [0.2, 0.25) is 0 Å². The molecule has 0 amide bonds. The molecule has 2 atom stereocenters. The Balaban J connectivity index is 1.55. The summed E-state index contributed by atoms with van der Waals surface area (Å²) in [6.45, 7) is 16.6. The lowest BCUT2D eigenvalue weighted by Gasteiger charge is -2.33. The molecule has 3 fully saturated rings. The zero-order valence-electron chi connectivity index (χ0n) is 16.6. The molecule has 0 bridgehead atoms. The maximum Gasteiger partial charge on any atom is 0.193 e. The van der Waals surface area contributed by atoms with E-state index in [2.05, 4.69) is 35.9 Å². The molecule has 25 heavy (non-hydrogen) atoms. The Kier molecular flexibility index (Phi) is 6.61. The van der Waals surface area contributed by atoms with Gasteiger partial charge in [-0.2, -0.15) is 0 Å². The fraction of sp³-hybridized carbons (Fsp3) is 0.950. The molecule has 0 radical (unpaired) electrons. The SMILES string of the molecule is CCNC(=NCC1CCCN(CC(C)C)C1)N1CCC2(CCOC2)C1. The first-order valence-corrected chi connectivity index (χ1v) is 10.4. The number of likely N-dealkylation sites (tertiary alicyclic amines) is 2. The standard InChI is InChI=1S/C20H38N4O/c1-4-21-19(24-10-7-20(15-24)8-11-25-16-20)22-12-18-6-5-9-23(14-18)13-17(2)3/h17-18H,4-16H2,1-3H3,(H,21,22). The van der Waals surface area contributed by atoms with E-state index < -0.39 is 0 Å². The predicted octanol–water partition coefficient (Wildman–Crippen LogP) is 2.43. The molecule has 1 spiro atoms. The van der Waals surface area contributed by atoms with E-state index in [1.807, 2.05) is 0 Å². The molecule has 3 rings (SSSR count). The third-order valence-electron chi connectivity index (χ3n) is 5.98. The third-order valence-corrected chi connectivity index (χ3v) is 5.98. The highest BCUT2D eigenvalue weighted by Crippen LogP contribution is 2.38. The summed E-state index contributed by atoms with van der Waals surface area (Å²) >= 11 is 0. The Bertz CT molecular complexity index is 445. The molecular weight excluding hydrogens is 312 g/mol. The Morgan fingerprint density at radius 3 is 2.92 bits per heavy atom. The van der Waals surface area contributed by atoms with E-state index in [1.54, 1.807) is 0 Å². The monoisotopic (exact) mass is 350 g/mol. The number of guanidine groups is 1. The molecule has 3 aliphatic heterocycles. The van der Waals surface area contributed by atoms with E-state index in [0.717, 1.165) is 51.3 Å². The first-order valence-electron chi connectivity index (χ1n) is 10.4. The molecule has 0 aromatic heterocycles. The highest BCUT2D eigenvalue weighted by molar-refractivity contribution is 5.80. The van der Waals surface area contributed by atoms with Crippen LogP contribution in [0.5, 0.6) is 0 Å². The van der Waals surface area contributed by atoms with E-state index in [1.165, 1.54) is 45.3 Å². The average molecular weight is 351 g/mol. The van der Waals surface area contributed by atoms with Crippen molar-refractivity contribution in [2.75, 3.05) is 59.0 Å². The topological polar surface area (TPSA) is 40.1 Å².